The van der Waals surface area contributed by atoms with Gasteiger partial charge in [0.25, 0.3) is 0 Å². The van der Waals surface area contributed by atoms with Crippen LogP contribution in [0.25, 0.3) is 0 Å². The van der Waals surface area contributed by atoms with E-state index in [0.29, 0.717) is 19.1 Å². The summed E-state index contributed by atoms with van der Waals surface area (Å²) >= 11 is 0. The fraction of sp³-hybridized carbons (Fsp3) is 0.909. The van der Waals surface area contributed by atoms with Crippen LogP contribution < -0.4 is 11.1 Å². The Labute approximate surface area is 90.5 Å². The molecule has 2 atom stereocenters. The molecule has 1 amide bonds. The molecule has 0 aromatic rings. The molecule has 1 aliphatic carbocycles. The van der Waals surface area contributed by atoms with Gasteiger partial charge in [-0.05, 0) is 38.5 Å². The molecule has 2 aliphatic rings. The standard InChI is InChI=1S/C11H20N2O2/c1-11(7-12,8-4-5-8)13-10(14)9-3-2-6-15-9/h8-9H,2-7,12H2,1H3,(H,13,14)/t9-,11?/m1/s1. The van der Waals surface area contributed by atoms with Gasteiger partial charge in [-0.1, -0.05) is 0 Å². The number of hydrogen-bond donors (Lipinski definition) is 2. The van der Waals surface area contributed by atoms with Crippen molar-refractivity contribution in [3.63, 3.8) is 0 Å². The number of rotatable bonds is 4. The molecule has 3 N–H and O–H groups in total. The molecule has 1 unspecified atom stereocenters. The number of carbonyl (C=O) groups is 1. The Balaban J connectivity index is 1.90. The van der Waals surface area contributed by atoms with Crippen molar-refractivity contribution in [2.75, 3.05) is 13.2 Å². The van der Waals surface area contributed by atoms with Crippen molar-refractivity contribution in [3.8, 4) is 0 Å². The zero-order chi connectivity index (χ0) is 10.9. The lowest BCUT2D eigenvalue weighted by Gasteiger charge is -2.30. The molecule has 2 fully saturated rings. The van der Waals surface area contributed by atoms with Crippen LogP contribution in [0.2, 0.25) is 0 Å². The molecule has 2 rings (SSSR count). The summed E-state index contributed by atoms with van der Waals surface area (Å²) in [6, 6.07) is 0. The minimum atomic E-state index is -0.241. The molecule has 15 heavy (non-hydrogen) atoms. The Hall–Kier alpha value is -0.610. The molecule has 1 aliphatic heterocycles. The van der Waals surface area contributed by atoms with Crippen molar-refractivity contribution in [2.24, 2.45) is 11.7 Å². The van der Waals surface area contributed by atoms with Crippen molar-refractivity contribution < 1.29 is 9.53 Å². The van der Waals surface area contributed by atoms with E-state index < -0.39 is 0 Å². The smallest absolute Gasteiger partial charge is 0.249 e. The summed E-state index contributed by atoms with van der Waals surface area (Å²) < 4.78 is 5.35. The van der Waals surface area contributed by atoms with E-state index in [9.17, 15) is 4.79 Å². The number of nitrogens with two attached hydrogens (primary N) is 1. The monoisotopic (exact) mass is 212 g/mol. The fourth-order valence-corrected chi connectivity index (χ4v) is 2.19. The first kappa shape index (κ1) is 10.9. The van der Waals surface area contributed by atoms with Crippen molar-refractivity contribution in [1.82, 2.24) is 5.32 Å². The van der Waals surface area contributed by atoms with E-state index in [1.165, 1.54) is 12.8 Å². The maximum absolute atomic E-state index is 11.9. The number of amides is 1. The highest BCUT2D eigenvalue weighted by Crippen LogP contribution is 2.39. The zero-order valence-electron chi connectivity index (χ0n) is 9.29. The molecule has 86 valence electrons. The average Bonchev–Trinajstić information content (AvgIpc) is 2.94. The summed E-state index contributed by atoms with van der Waals surface area (Å²) in [5.74, 6) is 0.584. The van der Waals surface area contributed by atoms with Crippen molar-refractivity contribution >= 4 is 5.91 Å². The van der Waals surface area contributed by atoms with Crippen LogP contribution in [-0.2, 0) is 9.53 Å². The van der Waals surface area contributed by atoms with Gasteiger partial charge in [0.15, 0.2) is 0 Å². The molecule has 4 nitrogen and oxygen atoms in total. The third-order valence-electron chi connectivity index (χ3n) is 3.53. The van der Waals surface area contributed by atoms with Gasteiger partial charge in [-0.2, -0.15) is 0 Å². The lowest BCUT2D eigenvalue weighted by molar-refractivity contribution is -0.132. The van der Waals surface area contributed by atoms with Crippen LogP contribution in [-0.4, -0.2) is 30.7 Å². The predicted molar refractivity (Wildman–Crippen MR) is 57.3 cm³/mol. The topological polar surface area (TPSA) is 64.3 Å². The third-order valence-corrected chi connectivity index (χ3v) is 3.53. The highest BCUT2D eigenvalue weighted by molar-refractivity contribution is 5.81. The normalized spacial score (nSPS) is 29.9. The molecule has 0 aromatic heterocycles. The quantitative estimate of drug-likeness (QED) is 0.709. The van der Waals surface area contributed by atoms with Gasteiger partial charge in [-0.15, -0.1) is 0 Å². The first-order valence-electron chi connectivity index (χ1n) is 5.79. The van der Waals surface area contributed by atoms with Gasteiger partial charge in [-0.3, -0.25) is 4.79 Å². The van der Waals surface area contributed by atoms with Crippen LogP contribution in [0.3, 0.4) is 0 Å². The molecule has 1 heterocycles. The van der Waals surface area contributed by atoms with Gasteiger partial charge in [0, 0.05) is 13.2 Å². The largest absolute Gasteiger partial charge is 0.368 e. The Morgan fingerprint density at radius 1 is 1.53 bits per heavy atom. The van der Waals surface area contributed by atoms with Crippen LogP contribution in [0.4, 0.5) is 0 Å². The second-order valence-electron chi connectivity index (χ2n) is 4.89. The average molecular weight is 212 g/mol. The van der Waals surface area contributed by atoms with E-state index in [-0.39, 0.29) is 17.6 Å². The number of carbonyl (C=O) groups excluding carboxylic acids is 1. The van der Waals surface area contributed by atoms with Gasteiger partial charge in [-0.25, -0.2) is 0 Å². The lowest BCUT2D eigenvalue weighted by Crippen LogP contribution is -2.55. The molecule has 4 heteroatoms. The minimum Gasteiger partial charge on any atom is -0.368 e. The Kier molecular flexibility index (Phi) is 2.98. The van der Waals surface area contributed by atoms with Gasteiger partial charge in [0.05, 0.1) is 5.54 Å². The zero-order valence-corrected chi connectivity index (χ0v) is 9.29. The van der Waals surface area contributed by atoms with Gasteiger partial charge < -0.3 is 15.8 Å². The molecule has 1 saturated carbocycles. The van der Waals surface area contributed by atoms with E-state index in [1.807, 2.05) is 6.92 Å². The van der Waals surface area contributed by atoms with Gasteiger partial charge >= 0.3 is 0 Å². The molecule has 0 bridgehead atoms. The van der Waals surface area contributed by atoms with E-state index in [2.05, 4.69) is 5.32 Å². The van der Waals surface area contributed by atoms with E-state index in [0.717, 1.165) is 12.8 Å². The minimum absolute atomic E-state index is 0.0207. The van der Waals surface area contributed by atoms with Crippen LogP contribution >= 0.6 is 0 Å². The first-order chi connectivity index (χ1) is 7.15. The van der Waals surface area contributed by atoms with Crippen LogP contribution in [0.15, 0.2) is 0 Å². The SMILES string of the molecule is CC(CN)(NC(=O)[C@H]1CCCO1)C1CC1. The summed E-state index contributed by atoms with van der Waals surface area (Å²) in [6.07, 6.45) is 3.95. The first-order valence-corrected chi connectivity index (χ1v) is 5.79. The maximum Gasteiger partial charge on any atom is 0.249 e. The molecular weight excluding hydrogens is 192 g/mol. The Morgan fingerprint density at radius 2 is 2.27 bits per heavy atom. The third kappa shape index (κ3) is 2.32. The van der Waals surface area contributed by atoms with Crippen molar-refractivity contribution in [3.05, 3.63) is 0 Å². The summed E-state index contributed by atoms with van der Waals surface area (Å²) in [6.45, 7) is 3.26. The number of ether oxygens (including phenoxy) is 1. The summed E-state index contributed by atoms with van der Waals surface area (Å²) in [4.78, 5) is 11.9. The van der Waals surface area contributed by atoms with E-state index in [4.69, 9.17) is 10.5 Å². The second-order valence-corrected chi connectivity index (χ2v) is 4.89. The van der Waals surface area contributed by atoms with Gasteiger partial charge in [0.2, 0.25) is 5.91 Å². The Bertz CT molecular complexity index is 247. The van der Waals surface area contributed by atoms with E-state index >= 15 is 0 Å². The van der Waals surface area contributed by atoms with Crippen LogP contribution in [0.1, 0.15) is 32.6 Å². The van der Waals surface area contributed by atoms with Crippen molar-refractivity contribution in [1.29, 1.82) is 0 Å². The molecule has 0 radical (unpaired) electrons. The van der Waals surface area contributed by atoms with E-state index in [1.54, 1.807) is 0 Å². The summed E-state index contributed by atoms with van der Waals surface area (Å²) in [7, 11) is 0. The Morgan fingerprint density at radius 3 is 2.73 bits per heavy atom. The maximum atomic E-state index is 11.9. The molecule has 0 aromatic carbocycles. The van der Waals surface area contributed by atoms with Crippen molar-refractivity contribution in [2.45, 2.75) is 44.2 Å². The summed E-state index contributed by atoms with van der Waals surface area (Å²) in [5.41, 5.74) is 5.52. The molecule has 1 saturated heterocycles. The lowest BCUT2D eigenvalue weighted by atomic mass is 9.95. The second kappa shape index (κ2) is 4.10. The summed E-state index contributed by atoms with van der Waals surface area (Å²) in [5, 5.41) is 3.06. The highest BCUT2D eigenvalue weighted by Gasteiger charge is 2.42. The number of nitrogens with one attached hydrogen (secondary N) is 1. The van der Waals surface area contributed by atoms with Gasteiger partial charge in [0.1, 0.15) is 6.10 Å². The predicted octanol–water partition coefficient (Wildman–Crippen LogP) is 0.409. The molecule has 0 spiro atoms. The highest BCUT2D eigenvalue weighted by atomic mass is 16.5. The fourth-order valence-electron chi connectivity index (χ4n) is 2.19. The van der Waals surface area contributed by atoms with Crippen LogP contribution in [0, 0.1) is 5.92 Å². The van der Waals surface area contributed by atoms with Crippen LogP contribution in [0.5, 0.6) is 0 Å². The molecular formula is C11H20N2O2. The number of hydrogen-bond acceptors (Lipinski definition) is 3.